The van der Waals surface area contributed by atoms with Crippen molar-refractivity contribution in [3.63, 3.8) is 0 Å². The summed E-state index contributed by atoms with van der Waals surface area (Å²) in [5, 5.41) is 0. The maximum Gasteiger partial charge on any atom is 0.253 e. The number of aryl methyl sites for hydroxylation is 1. The molecule has 2 heterocycles. The minimum Gasteiger partial charge on any atom is -0.368 e. The molecule has 2 aliphatic rings. The molecule has 0 aliphatic carbocycles. The first-order chi connectivity index (χ1) is 14.1. The Bertz CT molecular complexity index is 881. The number of hydrogen-bond acceptors (Lipinski definition) is 3. The Morgan fingerprint density at radius 1 is 0.690 bits per heavy atom. The second-order valence-electron chi connectivity index (χ2n) is 8.05. The summed E-state index contributed by atoms with van der Waals surface area (Å²) in [4.78, 5) is 31.9. The van der Waals surface area contributed by atoms with Gasteiger partial charge in [0.15, 0.2) is 0 Å². The zero-order chi connectivity index (χ0) is 20.2. The third-order valence-corrected chi connectivity index (χ3v) is 5.93. The van der Waals surface area contributed by atoms with E-state index in [4.69, 9.17) is 0 Å². The minimum atomic E-state index is 0.0159. The molecule has 0 radical (unpaired) electrons. The van der Waals surface area contributed by atoms with Crippen LogP contribution in [0.5, 0.6) is 0 Å². The molecule has 152 valence electrons. The maximum atomic E-state index is 13.0. The predicted molar refractivity (Wildman–Crippen MR) is 115 cm³/mol. The normalized spacial score (nSPS) is 17.3. The van der Waals surface area contributed by atoms with Crippen molar-refractivity contribution in [1.29, 1.82) is 0 Å². The molecule has 0 atom stereocenters. The van der Waals surface area contributed by atoms with Crippen LogP contribution in [-0.4, -0.2) is 60.9 Å². The predicted octanol–water partition coefficient (Wildman–Crippen LogP) is 3.58. The molecule has 2 amide bonds. The largest absolute Gasteiger partial charge is 0.368 e. The quantitative estimate of drug-likeness (QED) is 0.803. The van der Waals surface area contributed by atoms with Crippen LogP contribution in [0.25, 0.3) is 0 Å². The van der Waals surface area contributed by atoms with Crippen LogP contribution >= 0.6 is 0 Å². The van der Waals surface area contributed by atoms with E-state index < -0.39 is 0 Å². The van der Waals surface area contributed by atoms with Gasteiger partial charge in [0, 0.05) is 56.1 Å². The third-order valence-electron chi connectivity index (χ3n) is 5.93. The van der Waals surface area contributed by atoms with Crippen LogP contribution < -0.4 is 4.90 Å². The molecule has 2 aliphatic heterocycles. The standard InChI is InChI=1S/C24H29N3O2/c1-19-7-5-10-22(17-19)25-13-15-27(16-14-25)24(29)21-9-6-8-20(18-21)23(28)26-11-3-2-4-12-26/h5-10,17-18H,2-4,11-16H2,1H3. The first-order valence-electron chi connectivity index (χ1n) is 10.6. The van der Waals surface area contributed by atoms with Crippen molar-refractivity contribution in [1.82, 2.24) is 9.80 Å². The summed E-state index contributed by atoms with van der Waals surface area (Å²) in [6.07, 6.45) is 3.32. The zero-order valence-corrected chi connectivity index (χ0v) is 17.1. The highest BCUT2D eigenvalue weighted by Gasteiger charge is 2.24. The fourth-order valence-corrected chi connectivity index (χ4v) is 4.24. The molecule has 4 rings (SSSR count). The Morgan fingerprint density at radius 2 is 1.28 bits per heavy atom. The van der Waals surface area contributed by atoms with Gasteiger partial charge in [0.2, 0.25) is 0 Å². The molecule has 5 nitrogen and oxygen atoms in total. The van der Waals surface area contributed by atoms with E-state index in [9.17, 15) is 9.59 Å². The van der Waals surface area contributed by atoms with Gasteiger partial charge >= 0.3 is 0 Å². The van der Waals surface area contributed by atoms with Crippen molar-refractivity contribution in [2.75, 3.05) is 44.2 Å². The Kier molecular flexibility index (Phi) is 5.84. The second kappa shape index (κ2) is 8.68. The summed E-state index contributed by atoms with van der Waals surface area (Å²) in [6.45, 7) is 6.76. The molecule has 2 saturated heterocycles. The number of benzene rings is 2. The van der Waals surface area contributed by atoms with E-state index >= 15 is 0 Å². The van der Waals surface area contributed by atoms with Gasteiger partial charge in [-0.3, -0.25) is 9.59 Å². The second-order valence-corrected chi connectivity index (χ2v) is 8.05. The third kappa shape index (κ3) is 4.44. The summed E-state index contributed by atoms with van der Waals surface area (Å²) in [5.74, 6) is 0.0609. The van der Waals surface area contributed by atoms with E-state index in [0.29, 0.717) is 24.2 Å². The number of anilines is 1. The van der Waals surface area contributed by atoms with Gasteiger partial charge < -0.3 is 14.7 Å². The summed E-state index contributed by atoms with van der Waals surface area (Å²) in [6, 6.07) is 15.7. The summed E-state index contributed by atoms with van der Waals surface area (Å²) >= 11 is 0. The topological polar surface area (TPSA) is 43.9 Å². The Morgan fingerprint density at radius 3 is 1.90 bits per heavy atom. The number of nitrogens with zero attached hydrogens (tertiary/aromatic N) is 3. The highest BCUT2D eigenvalue weighted by Crippen LogP contribution is 2.20. The average Bonchev–Trinajstić information content (AvgIpc) is 2.79. The van der Waals surface area contributed by atoms with Gasteiger partial charge in [-0.15, -0.1) is 0 Å². The number of carbonyl (C=O) groups is 2. The molecular weight excluding hydrogens is 362 g/mol. The van der Waals surface area contributed by atoms with Gasteiger partial charge in [0.1, 0.15) is 0 Å². The lowest BCUT2D eigenvalue weighted by molar-refractivity contribution is 0.0724. The molecule has 5 heteroatoms. The molecule has 0 unspecified atom stereocenters. The van der Waals surface area contributed by atoms with Gasteiger partial charge in [-0.05, 0) is 62.1 Å². The van der Waals surface area contributed by atoms with Gasteiger partial charge in [-0.1, -0.05) is 18.2 Å². The van der Waals surface area contributed by atoms with Crippen LogP contribution in [-0.2, 0) is 0 Å². The molecule has 2 fully saturated rings. The van der Waals surface area contributed by atoms with Gasteiger partial charge in [-0.2, -0.15) is 0 Å². The average molecular weight is 392 g/mol. The first-order valence-corrected chi connectivity index (χ1v) is 10.6. The smallest absolute Gasteiger partial charge is 0.253 e. The van der Waals surface area contributed by atoms with Crippen molar-refractivity contribution in [2.45, 2.75) is 26.2 Å². The fourth-order valence-electron chi connectivity index (χ4n) is 4.24. The van der Waals surface area contributed by atoms with E-state index in [-0.39, 0.29) is 11.8 Å². The highest BCUT2D eigenvalue weighted by atomic mass is 16.2. The minimum absolute atomic E-state index is 0.0159. The molecule has 0 N–H and O–H groups in total. The monoisotopic (exact) mass is 391 g/mol. The number of piperidine rings is 1. The van der Waals surface area contributed by atoms with E-state index in [0.717, 1.165) is 39.0 Å². The SMILES string of the molecule is Cc1cccc(N2CCN(C(=O)c3cccc(C(=O)N4CCCCC4)c3)CC2)c1. The molecule has 2 aromatic carbocycles. The van der Waals surface area contributed by atoms with Crippen LogP contribution in [0.3, 0.4) is 0 Å². The van der Waals surface area contributed by atoms with Crippen molar-refractivity contribution in [2.24, 2.45) is 0 Å². The van der Waals surface area contributed by atoms with Crippen LogP contribution in [0.4, 0.5) is 5.69 Å². The van der Waals surface area contributed by atoms with Crippen LogP contribution in [0, 0.1) is 6.92 Å². The summed E-state index contributed by atoms with van der Waals surface area (Å²) in [5.41, 5.74) is 3.69. The van der Waals surface area contributed by atoms with E-state index in [2.05, 4.69) is 36.1 Å². The van der Waals surface area contributed by atoms with Crippen LogP contribution in [0.1, 0.15) is 45.5 Å². The number of amides is 2. The Balaban J connectivity index is 1.40. The highest BCUT2D eigenvalue weighted by molar-refractivity contribution is 5.99. The van der Waals surface area contributed by atoms with Crippen molar-refractivity contribution < 1.29 is 9.59 Å². The van der Waals surface area contributed by atoms with E-state index in [1.54, 1.807) is 6.07 Å². The fraction of sp³-hybridized carbons (Fsp3) is 0.417. The molecule has 2 aromatic rings. The van der Waals surface area contributed by atoms with Crippen LogP contribution in [0.2, 0.25) is 0 Å². The van der Waals surface area contributed by atoms with Crippen LogP contribution in [0.15, 0.2) is 48.5 Å². The summed E-state index contributed by atoms with van der Waals surface area (Å²) < 4.78 is 0. The number of rotatable bonds is 3. The van der Waals surface area contributed by atoms with Crippen molar-refractivity contribution in [3.8, 4) is 0 Å². The van der Waals surface area contributed by atoms with E-state index in [1.165, 1.54) is 17.7 Å². The van der Waals surface area contributed by atoms with Gasteiger partial charge in [-0.25, -0.2) is 0 Å². The first kappa shape index (κ1) is 19.5. The summed E-state index contributed by atoms with van der Waals surface area (Å²) in [7, 11) is 0. The Hall–Kier alpha value is -2.82. The molecule has 29 heavy (non-hydrogen) atoms. The molecule has 0 saturated carbocycles. The lowest BCUT2D eigenvalue weighted by Crippen LogP contribution is -2.48. The lowest BCUT2D eigenvalue weighted by Gasteiger charge is -2.36. The number of piperazine rings is 1. The van der Waals surface area contributed by atoms with E-state index in [1.807, 2.05) is 28.0 Å². The van der Waals surface area contributed by atoms with Gasteiger partial charge in [0.05, 0.1) is 0 Å². The van der Waals surface area contributed by atoms with Crippen molar-refractivity contribution in [3.05, 3.63) is 65.2 Å². The number of hydrogen-bond donors (Lipinski definition) is 0. The number of likely N-dealkylation sites (tertiary alicyclic amines) is 1. The molecule has 0 bridgehead atoms. The molecule has 0 spiro atoms. The molecular formula is C24H29N3O2. The maximum absolute atomic E-state index is 13.0. The number of carbonyl (C=O) groups excluding carboxylic acids is 2. The van der Waals surface area contributed by atoms with Gasteiger partial charge in [0.25, 0.3) is 11.8 Å². The molecule has 0 aromatic heterocycles. The van der Waals surface area contributed by atoms with Crippen molar-refractivity contribution >= 4 is 17.5 Å². The lowest BCUT2D eigenvalue weighted by atomic mass is 10.1. The Labute approximate surface area is 172 Å². The zero-order valence-electron chi connectivity index (χ0n) is 17.1.